The number of carbonyl (C=O) groups excluding carboxylic acids is 1. The molecule has 4 heterocycles. The maximum atomic E-state index is 13.7. The van der Waals surface area contributed by atoms with E-state index in [1.165, 1.54) is 5.56 Å². The van der Waals surface area contributed by atoms with Crippen LogP contribution >= 0.6 is 0 Å². The van der Waals surface area contributed by atoms with Gasteiger partial charge < -0.3 is 5.32 Å². The molecule has 0 fully saturated rings. The molecule has 0 aliphatic carbocycles. The molecule has 2 aromatic carbocycles. The Labute approximate surface area is 205 Å². The van der Waals surface area contributed by atoms with Crippen LogP contribution in [0, 0.1) is 12.8 Å². The highest BCUT2D eigenvalue weighted by Gasteiger charge is 2.54. The van der Waals surface area contributed by atoms with Crippen LogP contribution in [0.3, 0.4) is 0 Å². The third-order valence-corrected chi connectivity index (χ3v) is 7.70. The van der Waals surface area contributed by atoms with E-state index in [1.807, 2.05) is 38.4 Å². The molecule has 35 heavy (non-hydrogen) atoms. The van der Waals surface area contributed by atoms with Gasteiger partial charge in [0.05, 0.1) is 22.7 Å². The average Bonchev–Trinajstić information content (AvgIpc) is 3.30. The smallest absolute Gasteiger partial charge is 0.250 e. The maximum absolute atomic E-state index is 13.7. The van der Waals surface area contributed by atoms with E-state index in [0.717, 1.165) is 51.1 Å². The van der Waals surface area contributed by atoms with Crippen LogP contribution in [0.2, 0.25) is 0 Å². The Morgan fingerprint density at radius 2 is 1.94 bits per heavy atom. The molecule has 0 radical (unpaired) electrons. The normalized spacial score (nSPS) is 24.5. The number of rotatable bonds is 3. The van der Waals surface area contributed by atoms with Crippen molar-refractivity contribution < 1.29 is 4.79 Å². The van der Waals surface area contributed by atoms with Gasteiger partial charge in [-0.05, 0) is 55.5 Å². The molecule has 0 spiro atoms. The lowest BCUT2D eigenvalue weighted by Gasteiger charge is -2.46. The number of nitrogens with zero attached hydrogens (tertiary/aromatic N) is 3. The number of amides is 1. The molecule has 6 rings (SSSR count). The van der Waals surface area contributed by atoms with Crippen LogP contribution in [-0.4, -0.2) is 28.5 Å². The van der Waals surface area contributed by atoms with Gasteiger partial charge in [0.15, 0.2) is 0 Å². The van der Waals surface area contributed by atoms with E-state index < -0.39 is 5.41 Å². The molecule has 6 heteroatoms. The first-order valence-electron chi connectivity index (χ1n) is 12.2. The molecule has 2 N–H and O–H groups in total. The number of aliphatic imine (C=N–C) groups is 1. The third kappa shape index (κ3) is 3.16. The van der Waals surface area contributed by atoms with Gasteiger partial charge in [0.25, 0.3) is 0 Å². The number of pyridine rings is 1. The first-order valence-corrected chi connectivity index (χ1v) is 12.2. The molecule has 1 aromatic heterocycles. The molecule has 2 atom stereocenters. The number of carbonyl (C=O) groups is 1. The zero-order valence-electron chi connectivity index (χ0n) is 20.5. The van der Waals surface area contributed by atoms with Gasteiger partial charge in [-0.25, -0.2) is 4.99 Å². The first kappa shape index (κ1) is 21.7. The Bertz CT molecular complexity index is 1480. The third-order valence-electron chi connectivity index (χ3n) is 7.70. The van der Waals surface area contributed by atoms with Crippen LogP contribution in [-0.2, 0) is 10.2 Å². The van der Waals surface area contributed by atoms with Crippen molar-refractivity contribution in [3.63, 3.8) is 0 Å². The minimum absolute atomic E-state index is 0.0304. The number of hydrazone groups is 1. The molecule has 6 nitrogen and oxygen atoms in total. The molecule has 3 aliphatic heterocycles. The van der Waals surface area contributed by atoms with Crippen molar-refractivity contribution in [2.45, 2.75) is 51.5 Å². The summed E-state index contributed by atoms with van der Waals surface area (Å²) in [5.41, 5.74) is 9.34. The molecular weight excluding hydrogens is 434 g/mol. The second-order valence-corrected chi connectivity index (χ2v) is 10.4. The number of aryl methyl sites for hydroxylation is 1. The van der Waals surface area contributed by atoms with Gasteiger partial charge in [-0.1, -0.05) is 49.4 Å². The summed E-state index contributed by atoms with van der Waals surface area (Å²) in [6.45, 7) is 8.36. The lowest BCUT2D eigenvalue weighted by Crippen LogP contribution is -2.56. The fourth-order valence-corrected chi connectivity index (χ4v) is 6.18. The summed E-state index contributed by atoms with van der Waals surface area (Å²) in [5.74, 6) is 0.674. The predicted molar refractivity (Wildman–Crippen MR) is 140 cm³/mol. The summed E-state index contributed by atoms with van der Waals surface area (Å²) in [6.07, 6.45) is 5.28. The fourth-order valence-electron chi connectivity index (χ4n) is 6.18. The number of aromatic nitrogens is 1. The Balaban J connectivity index is 1.60. The van der Waals surface area contributed by atoms with Crippen molar-refractivity contribution >= 4 is 28.9 Å². The van der Waals surface area contributed by atoms with Crippen molar-refractivity contribution in [1.29, 1.82) is 0 Å². The van der Waals surface area contributed by atoms with E-state index in [2.05, 4.69) is 71.1 Å². The minimum Gasteiger partial charge on any atom is -0.347 e. The van der Waals surface area contributed by atoms with Crippen LogP contribution in [0.15, 0.2) is 76.1 Å². The monoisotopic (exact) mass is 463 g/mol. The van der Waals surface area contributed by atoms with E-state index in [-0.39, 0.29) is 17.4 Å². The van der Waals surface area contributed by atoms with E-state index in [9.17, 15) is 4.79 Å². The van der Waals surface area contributed by atoms with Crippen molar-refractivity contribution in [2.24, 2.45) is 16.0 Å². The number of hydrogen-bond acceptors (Lipinski definition) is 5. The number of fused-ring (bicyclic) bond motifs is 2. The van der Waals surface area contributed by atoms with E-state index >= 15 is 0 Å². The standard InChI is InChI=1S/C29H29N5O/c1-5-29(21-16-31-34-26(21)32-23-14-28(3,4)33-27(35)25(23)29)19-10-8-9-18(13-19)24-17(2)15-30-22-12-7-6-11-20(22)24/h6-13,15-16,21H,5,14H2,1-4H3,(H,32,34)(H,33,35)/t21?,29-/m1/s1. The topological polar surface area (TPSA) is 78.7 Å². The fraction of sp³-hybridized carbons (Fsp3) is 0.310. The minimum atomic E-state index is -0.563. The van der Waals surface area contributed by atoms with Crippen LogP contribution in [0.25, 0.3) is 22.0 Å². The molecule has 0 bridgehead atoms. The molecule has 3 aliphatic rings. The Morgan fingerprint density at radius 3 is 2.77 bits per heavy atom. The number of benzene rings is 2. The van der Waals surface area contributed by atoms with Crippen LogP contribution < -0.4 is 10.7 Å². The molecule has 176 valence electrons. The molecule has 1 unspecified atom stereocenters. The highest BCUT2D eigenvalue weighted by molar-refractivity contribution is 6.10. The first-order chi connectivity index (χ1) is 16.8. The van der Waals surface area contributed by atoms with Gasteiger partial charge in [0, 0.05) is 35.2 Å². The van der Waals surface area contributed by atoms with Gasteiger partial charge in [-0.3, -0.25) is 15.2 Å². The molecular formula is C29H29N5O. The molecule has 3 aromatic rings. The van der Waals surface area contributed by atoms with Gasteiger partial charge in [0.2, 0.25) is 5.91 Å². The van der Waals surface area contributed by atoms with E-state index in [1.54, 1.807) is 0 Å². The van der Waals surface area contributed by atoms with Gasteiger partial charge >= 0.3 is 0 Å². The Morgan fingerprint density at radius 1 is 1.11 bits per heavy atom. The lowest BCUT2D eigenvalue weighted by molar-refractivity contribution is -0.120. The van der Waals surface area contributed by atoms with Gasteiger partial charge in [-0.15, -0.1) is 0 Å². The zero-order chi connectivity index (χ0) is 24.4. The van der Waals surface area contributed by atoms with Crippen molar-refractivity contribution in [3.05, 3.63) is 77.1 Å². The van der Waals surface area contributed by atoms with Gasteiger partial charge in [-0.2, -0.15) is 5.10 Å². The summed E-state index contributed by atoms with van der Waals surface area (Å²) in [5, 5.41) is 8.74. The maximum Gasteiger partial charge on any atom is 0.250 e. The second-order valence-electron chi connectivity index (χ2n) is 10.4. The van der Waals surface area contributed by atoms with Crippen molar-refractivity contribution in [2.75, 3.05) is 0 Å². The largest absolute Gasteiger partial charge is 0.347 e. The number of nitrogens with one attached hydrogen (secondary N) is 2. The van der Waals surface area contributed by atoms with Crippen LogP contribution in [0.1, 0.15) is 44.7 Å². The second kappa shape index (κ2) is 7.60. The van der Waals surface area contributed by atoms with Crippen LogP contribution in [0.5, 0.6) is 0 Å². The Kier molecular flexibility index (Phi) is 4.72. The summed E-state index contributed by atoms with van der Waals surface area (Å²) in [7, 11) is 0. The van der Waals surface area contributed by atoms with Crippen LogP contribution in [0.4, 0.5) is 0 Å². The number of hydrogen-bond donors (Lipinski definition) is 2. The van der Waals surface area contributed by atoms with Crippen molar-refractivity contribution in [3.8, 4) is 11.1 Å². The number of amidine groups is 1. The SMILES string of the molecule is CC[C@]1(c2cccc(-c3c(C)cnc4ccccc34)c2)C2=C(CC(C)(C)NC2=O)N=C2NN=CC21. The lowest BCUT2D eigenvalue weighted by atomic mass is 9.60. The molecule has 0 saturated heterocycles. The highest BCUT2D eigenvalue weighted by atomic mass is 16.2. The van der Waals surface area contributed by atoms with Crippen molar-refractivity contribution in [1.82, 2.24) is 15.7 Å². The summed E-state index contributed by atoms with van der Waals surface area (Å²) in [6, 6.07) is 16.9. The Hall–Kier alpha value is -3.80. The quantitative estimate of drug-likeness (QED) is 0.572. The summed E-state index contributed by atoms with van der Waals surface area (Å²) in [4.78, 5) is 23.2. The molecule has 1 amide bonds. The number of para-hydroxylation sites is 1. The zero-order valence-corrected chi connectivity index (χ0v) is 20.5. The average molecular weight is 464 g/mol. The van der Waals surface area contributed by atoms with E-state index in [0.29, 0.717) is 6.42 Å². The van der Waals surface area contributed by atoms with Gasteiger partial charge in [0.1, 0.15) is 5.84 Å². The predicted octanol–water partition coefficient (Wildman–Crippen LogP) is 5.03. The molecule has 0 saturated carbocycles. The highest BCUT2D eigenvalue weighted by Crippen LogP contribution is 2.50. The van der Waals surface area contributed by atoms with E-state index in [4.69, 9.17) is 4.99 Å². The summed E-state index contributed by atoms with van der Waals surface area (Å²) >= 11 is 0. The summed E-state index contributed by atoms with van der Waals surface area (Å²) < 4.78 is 0.